The smallest absolute Gasteiger partial charge is 0.312 e. The summed E-state index contributed by atoms with van der Waals surface area (Å²) in [6.07, 6.45) is 3.93. The average Bonchev–Trinajstić information content (AvgIpc) is 3.10. The number of urea groups is 1. The lowest BCUT2D eigenvalue weighted by Gasteiger charge is -2.21. The van der Waals surface area contributed by atoms with Gasteiger partial charge in [-0.15, -0.1) is 0 Å². The lowest BCUT2D eigenvalue weighted by Crippen LogP contribution is -2.49. The van der Waals surface area contributed by atoms with Gasteiger partial charge in [-0.2, -0.15) is 0 Å². The van der Waals surface area contributed by atoms with E-state index in [-0.39, 0.29) is 11.8 Å². The van der Waals surface area contributed by atoms with E-state index in [0.717, 1.165) is 25.7 Å². The number of nitrogens with one attached hydrogen (secondary N) is 2. The van der Waals surface area contributed by atoms with Gasteiger partial charge >= 0.3 is 6.03 Å². The molecule has 1 aliphatic carbocycles. The van der Waals surface area contributed by atoms with Crippen molar-refractivity contribution < 1.29 is 19.1 Å². The molecular formula is C17H23N3O4. The molecule has 7 heteroatoms. The third-order valence-electron chi connectivity index (χ3n) is 4.42. The largest absolute Gasteiger partial charge is 0.448 e. The molecule has 1 heterocycles. The molecule has 1 aliphatic heterocycles. The second-order valence-corrected chi connectivity index (χ2v) is 6.70. The van der Waals surface area contributed by atoms with Crippen molar-refractivity contribution in [3.8, 4) is 11.5 Å². The first-order chi connectivity index (χ1) is 11.4. The number of nitrogens with two attached hydrogens (primary N) is 1. The van der Waals surface area contributed by atoms with Gasteiger partial charge in [0.2, 0.25) is 5.91 Å². The summed E-state index contributed by atoms with van der Waals surface area (Å²) in [7, 11) is 0. The molecule has 1 aromatic rings. The van der Waals surface area contributed by atoms with Crippen LogP contribution in [-0.2, 0) is 4.79 Å². The zero-order chi connectivity index (χ0) is 17.3. The number of benzene rings is 1. The SMILES string of the molecule is CC(C)[C@H](NC(N)=O)C(=O)Nc1ccc2c(c1)OC1(CCCC1)O2. The number of ether oxygens (including phenoxy) is 2. The number of hydrogen-bond acceptors (Lipinski definition) is 4. The van der Waals surface area contributed by atoms with Gasteiger partial charge in [-0.05, 0) is 30.9 Å². The monoisotopic (exact) mass is 333 g/mol. The molecule has 7 nitrogen and oxygen atoms in total. The van der Waals surface area contributed by atoms with E-state index in [9.17, 15) is 9.59 Å². The Morgan fingerprint density at radius 1 is 1.17 bits per heavy atom. The Kier molecular flexibility index (Phi) is 4.26. The second-order valence-electron chi connectivity index (χ2n) is 6.70. The maximum Gasteiger partial charge on any atom is 0.312 e. The molecule has 0 radical (unpaired) electrons. The van der Waals surface area contributed by atoms with Gasteiger partial charge in [-0.25, -0.2) is 4.79 Å². The van der Waals surface area contributed by atoms with E-state index in [1.54, 1.807) is 18.2 Å². The van der Waals surface area contributed by atoms with Gasteiger partial charge in [0.1, 0.15) is 6.04 Å². The molecule has 24 heavy (non-hydrogen) atoms. The first kappa shape index (κ1) is 16.4. The zero-order valence-electron chi connectivity index (χ0n) is 13.9. The van der Waals surface area contributed by atoms with Crippen molar-refractivity contribution in [3.05, 3.63) is 18.2 Å². The van der Waals surface area contributed by atoms with Gasteiger partial charge in [-0.1, -0.05) is 13.8 Å². The van der Waals surface area contributed by atoms with Crippen molar-refractivity contribution >= 4 is 17.6 Å². The van der Waals surface area contributed by atoms with E-state index >= 15 is 0 Å². The molecule has 130 valence electrons. The van der Waals surface area contributed by atoms with Crippen LogP contribution < -0.4 is 25.8 Å². The summed E-state index contributed by atoms with van der Waals surface area (Å²) in [5.41, 5.74) is 5.73. The molecule has 1 fully saturated rings. The number of carbonyl (C=O) groups is 2. The van der Waals surface area contributed by atoms with Gasteiger partial charge in [0, 0.05) is 24.6 Å². The van der Waals surface area contributed by atoms with Gasteiger partial charge in [0.05, 0.1) is 0 Å². The molecule has 1 atom stereocenters. The molecular weight excluding hydrogens is 310 g/mol. The normalized spacial score (nSPS) is 18.6. The van der Waals surface area contributed by atoms with E-state index in [2.05, 4.69) is 10.6 Å². The number of anilines is 1. The number of amides is 3. The predicted molar refractivity (Wildman–Crippen MR) is 88.9 cm³/mol. The summed E-state index contributed by atoms with van der Waals surface area (Å²) in [4.78, 5) is 23.4. The summed E-state index contributed by atoms with van der Waals surface area (Å²) >= 11 is 0. The molecule has 0 unspecified atom stereocenters. The van der Waals surface area contributed by atoms with Crippen LogP contribution in [0.25, 0.3) is 0 Å². The third kappa shape index (κ3) is 3.25. The van der Waals surface area contributed by atoms with Crippen molar-refractivity contribution in [2.45, 2.75) is 51.4 Å². The van der Waals surface area contributed by atoms with Gasteiger partial charge in [0.15, 0.2) is 11.5 Å². The first-order valence-corrected chi connectivity index (χ1v) is 8.27. The highest BCUT2D eigenvalue weighted by atomic mass is 16.7. The lowest BCUT2D eigenvalue weighted by molar-refractivity contribution is -0.118. The van der Waals surface area contributed by atoms with Crippen LogP contribution in [0.1, 0.15) is 39.5 Å². The highest BCUT2D eigenvalue weighted by Gasteiger charge is 2.44. The van der Waals surface area contributed by atoms with E-state index in [0.29, 0.717) is 17.2 Å². The fourth-order valence-corrected chi connectivity index (χ4v) is 3.20. The van der Waals surface area contributed by atoms with Crippen LogP contribution >= 0.6 is 0 Å². The number of fused-ring (bicyclic) bond motifs is 1. The van der Waals surface area contributed by atoms with Gasteiger partial charge in [0.25, 0.3) is 5.79 Å². The minimum atomic E-state index is -0.724. The van der Waals surface area contributed by atoms with Crippen LogP contribution in [-0.4, -0.2) is 23.8 Å². The summed E-state index contributed by atoms with van der Waals surface area (Å²) in [6.45, 7) is 3.67. The molecule has 3 rings (SSSR count). The van der Waals surface area contributed by atoms with Crippen LogP contribution in [0.4, 0.5) is 10.5 Å². The van der Waals surface area contributed by atoms with Crippen molar-refractivity contribution in [3.63, 3.8) is 0 Å². The Balaban J connectivity index is 1.71. The molecule has 1 spiro atoms. The van der Waals surface area contributed by atoms with Crippen molar-refractivity contribution in [2.75, 3.05) is 5.32 Å². The minimum absolute atomic E-state index is 0.0896. The summed E-state index contributed by atoms with van der Waals surface area (Å²) in [6, 6.07) is 3.88. The number of primary amides is 1. The molecule has 1 aromatic carbocycles. The van der Waals surface area contributed by atoms with Crippen LogP contribution in [0.5, 0.6) is 11.5 Å². The first-order valence-electron chi connectivity index (χ1n) is 8.27. The molecule has 1 saturated carbocycles. The number of hydrogen-bond donors (Lipinski definition) is 3. The maximum atomic E-state index is 12.4. The van der Waals surface area contributed by atoms with Gasteiger partial charge < -0.3 is 25.8 Å². The molecule has 0 aromatic heterocycles. The maximum absolute atomic E-state index is 12.4. The van der Waals surface area contributed by atoms with Crippen molar-refractivity contribution in [1.29, 1.82) is 0 Å². The van der Waals surface area contributed by atoms with E-state index in [1.807, 2.05) is 13.8 Å². The van der Waals surface area contributed by atoms with Gasteiger partial charge in [-0.3, -0.25) is 4.79 Å². The Morgan fingerprint density at radius 3 is 2.46 bits per heavy atom. The van der Waals surface area contributed by atoms with Crippen LogP contribution in [0.15, 0.2) is 18.2 Å². The fraction of sp³-hybridized carbons (Fsp3) is 0.529. The van der Waals surface area contributed by atoms with Crippen LogP contribution in [0, 0.1) is 5.92 Å². The lowest BCUT2D eigenvalue weighted by atomic mass is 10.0. The standard InChI is InChI=1S/C17H23N3O4/c1-10(2)14(20-16(18)22)15(21)19-11-5-6-12-13(9-11)24-17(23-12)7-3-4-8-17/h5-6,9-10,14H,3-4,7-8H2,1-2H3,(H,19,21)(H3,18,20,22)/t14-/m0/s1. The Hall–Kier alpha value is -2.44. The summed E-state index contributed by atoms with van der Waals surface area (Å²) in [5, 5.41) is 5.25. The third-order valence-corrected chi connectivity index (χ3v) is 4.42. The van der Waals surface area contributed by atoms with Crippen LogP contribution in [0.3, 0.4) is 0 Å². The summed E-state index contributed by atoms with van der Waals surface area (Å²) < 4.78 is 11.9. The molecule has 0 bridgehead atoms. The molecule has 2 aliphatic rings. The van der Waals surface area contributed by atoms with Crippen LogP contribution in [0.2, 0.25) is 0 Å². The number of carbonyl (C=O) groups excluding carboxylic acids is 2. The Morgan fingerprint density at radius 2 is 1.83 bits per heavy atom. The van der Waals surface area contributed by atoms with E-state index in [1.165, 1.54) is 0 Å². The Bertz CT molecular complexity index is 653. The van der Waals surface area contributed by atoms with Crippen molar-refractivity contribution in [1.82, 2.24) is 5.32 Å². The highest BCUT2D eigenvalue weighted by molar-refractivity contribution is 5.97. The average molecular weight is 333 g/mol. The van der Waals surface area contributed by atoms with E-state index < -0.39 is 17.9 Å². The second kappa shape index (κ2) is 6.22. The quantitative estimate of drug-likeness (QED) is 0.787. The minimum Gasteiger partial charge on any atom is -0.448 e. The highest BCUT2D eigenvalue weighted by Crippen LogP contribution is 2.47. The zero-order valence-corrected chi connectivity index (χ0v) is 13.9. The van der Waals surface area contributed by atoms with E-state index in [4.69, 9.17) is 15.2 Å². The molecule has 0 saturated heterocycles. The van der Waals surface area contributed by atoms with Crippen molar-refractivity contribution in [2.24, 2.45) is 11.7 Å². The molecule has 4 N–H and O–H groups in total. The topological polar surface area (TPSA) is 103 Å². The Labute approximate surface area is 140 Å². The predicted octanol–water partition coefficient (Wildman–Crippen LogP) is 2.36. The molecule has 3 amide bonds. The number of rotatable bonds is 4. The summed E-state index contributed by atoms with van der Waals surface area (Å²) in [5.74, 6) is 0.398. The fourth-order valence-electron chi connectivity index (χ4n) is 3.20.